The molecule has 1 aromatic carbocycles. The van der Waals surface area contributed by atoms with E-state index in [4.69, 9.17) is 14.2 Å². The number of methoxy groups -OCH3 is 3. The van der Waals surface area contributed by atoms with Crippen LogP contribution in [0.4, 0.5) is 5.95 Å². The number of hydrogen-bond donors (Lipinski definition) is 1. The van der Waals surface area contributed by atoms with Gasteiger partial charge in [-0.2, -0.15) is 16.9 Å². The maximum Gasteiger partial charge on any atom is 0.243 e. The Labute approximate surface area is 139 Å². The average Bonchev–Trinajstić information content (AvgIpc) is 2.60. The smallest absolute Gasteiger partial charge is 0.243 e. The lowest BCUT2D eigenvalue weighted by Crippen LogP contribution is -2.08. The zero-order valence-corrected chi connectivity index (χ0v) is 14.4. The third-order valence-electron chi connectivity index (χ3n) is 3.11. The quantitative estimate of drug-likeness (QED) is 0.736. The number of hydrogen-bond acceptors (Lipinski definition) is 8. The van der Waals surface area contributed by atoms with Gasteiger partial charge in [0.15, 0.2) is 11.5 Å². The normalized spacial score (nSPS) is 10.3. The summed E-state index contributed by atoms with van der Waals surface area (Å²) in [5, 5.41) is 11.1. The summed E-state index contributed by atoms with van der Waals surface area (Å²) in [6, 6.07) is 3.66. The van der Waals surface area contributed by atoms with Gasteiger partial charge in [-0.1, -0.05) is 0 Å². The predicted molar refractivity (Wildman–Crippen MR) is 91.8 cm³/mol. The van der Waals surface area contributed by atoms with Crippen LogP contribution in [-0.4, -0.2) is 55.1 Å². The number of anilines is 1. The molecule has 1 heterocycles. The molecule has 0 aliphatic heterocycles. The van der Waals surface area contributed by atoms with Crippen molar-refractivity contribution in [1.82, 2.24) is 15.2 Å². The number of aromatic nitrogens is 3. The van der Waals surface area contributed by atoms with Crippen LogP contribution in [0.3, 0.4) is 0 Å². The van der Waals surface area contributed by atoms with Crippen LogP contribution in [0, 0.1) is 0 Å². The zero-order valence-electron chi connectivity index (χ0n) is 13.6. The minimum absolute atomic E-state index is 0.491. The molecule has 0 atom stereocenters. The molecular formula is C15H20N4O3S. The third-order valence-corrected chi connectivity index (χ3v) is 3.72. The van der Waals surface area contributed by atoms with Gasteiger partial charge in [-0.25, -0.2) is 4.98 Å². The van der Waals surface area contributed by atoms with Gasteiger partial charge < -0.3 is 19.5 Å². The largest absolute Gasteiger partial charge is 0.493 e. The van der Waals surface area contributed by atoms with Crippen LogP contribution in [0.15, 0.2) is 18.3 Å². The molecule has 2 rings (SSSR count). The van der Waals surface area contributed by atoms with Crippen LogP contribution in [0.5, 0.6) is 17.2 Å². The summed E-state index contributed by atoms with van der Waals surface area (Å²) in [5.74, 6) is 3.14. The average molecular weight is 336 g/mol. The van der Waals surface area contributed by atoms with Crippen molar-refractivity contribution in [1.29, 1.82) is 0 Å². The minimum Gasteiger partial charge on any atom is -0.493 e. The summed E-state index contributed by atoms with van der Waals surface area (Å²) in [7, 11) is 4.73. The topological polar surface area (TPSA) is 78.4 Å². The second-order valence-electron chi connectivity index (χ2n) is 4.50. The highest BCUT2D eigenvalue weighted by molar-refractivity contribution is 7.98. The predicted octanol–water partition coefficient (Wildman–Crippen LogP) is 2.34. The van der Waals surface area contributed by atoms with E-state index in [0.717, 1.165) is 17.9 Å². The van der Waals surface area contributed by atoms with E-state index in [2.05, 4.69) is 20.5 Å². The van der Waals surface area contributed by atoms with Crippen LogP contribution >= 0.6 is 11.8 Å². The van der Waals surface area contributed by atoms with Crippen molar-refractivity contribution < 1.29 is 14.2 Å². The first kappa shape index (κ1) is 17.1. The van der Waals surface area contributed by atoms with Gasteiger partial charge in [-0.3, -0.25) is 0 Å². The van der Waals surface area contributed by atoms with Crippen LogP contribution in [0.25, 0.3) is 11.3 Å². The lowest BCUT2D eigenvalue weighted by atomic mass is 10.1. The molecule has 0 radical (unpaired) electrons. The van der Waals surface area contributed by atoms with Gasteiger partial charge in [-0.05, 0) is 18.4 Å². The first-order valence-electron chi connectivity index (χ1n) is 6.96. The summed E-state index contributed by atoms with van der Waals surface area (Å²) in [5.41, 5.74) is 1.48. The fraction of sp³-hybridized carbons (Fsp3) is 0.400. The molecule has 1 N–H and O–H groups in total. The van der Waals surface area contributed by atoms with Crippen molar-refractivity contribution in [3.8, 4) is 28.5 Å². The Kier molecular flexibility index (Phi) is 6.28. The second-order valence-corrected chi connectivity index (χ2v) is 5.48. The Morgan fingerprint density at radius 1 is 1.09 bits per heavy atom. The minimum atomic E-state index is 0.491. The second kappa shape index (κ2) is 8.42. The van der Waals surface area contributed by atoms with E-state index in [9.17, 15) is 0 Å². The highest BCUT2D eigenvalue weighted by atomic mass is 32.2. The van der Waals surface area contributed by atoms with Crippen LogP contribution in [0.1, 0.15) is 0 Å². The molecule has 0 fully saturated rings. The van der Waals surface area contributed by atoms with Gasteiger partial charge in [0.1, 0.15) is 0 Å². The number of benzene rings is 1. The molecule has 2 aromatic rings. The highest BCUT2D eigenvalue weighted by Crippen LogP contribution is 2.40. The fourth-order valence-corrected chi connectivity index (χ4v) is 2.32. The Balaban J connectivity index is 2.36. The van der Waals surface area contributed by atoms with Crippen molar-refractivity contribution in [2.75, 3.05) is 45.2 Å². The van der Waals surface area contributed by atoms with E-state index in [1.54, 1.807) is 39.3 Å². The molecule has 0 saturated carbocycles. The van der Waals surface area contributed by atoms with Crippen molar-refractivity contribution in [2.24, 2.45) is 0 Å². The molecule has 124 valence electrons. The lowest BCUT2D eigenvalue weighted by molar-refractivity contribution is 0.324. The molecule has 8 heteroatoms. The first-order chi connectivity index (χ1) is 11.2. The van der Waals surface area contributed by atoms with Crippen molar-refractivity contribution >= 4 is 17.7 Å². The van der Waals surface area contributed by atoms with E-state index >= 15 is 0 Å². The Hall–Kier alpha value is -2.22. The lowest BCUT2D eigenvalue weighted by Gasteiger charge is -2.14. The number of ether oxygens (including phenoxy) is 3. The molecule has 23 heavy (non-hydrogen) atoms. The van der Waals surface area contributed by atoms with E-state index < -0.39 is 0 Å². The van der Waals surface area contributed by atoms with Gasteiger partial charge >= 0.3 is 0 Å². The van der Waals surface area contributed by atoms with Gasteiger partial charge in [0.25, 0.3) is 0 Å². The maximum atomic E-state index is 5.36. The molecule has 0 saturated heterocycles. The molecule has 0 spiro atoms. The molecule has 7 nitrogen and oxygen atoms in total. The van der Waals surface area contributed by atoms with E-state index in [-0.39, 0.29) is 0 Å². The Bertz CT molecular complexity index is 629. The van der Waals surface area contributed by atoms with Crippen LogP contribution in [-0.2, 0) is 0 Å². The Morgan fingerprint density at radius 3 is 2.35 bits per heavy atom. The molecular weight excluding hydrogens is 316 g/mol. The van der Waals surface area contributed by atoms with Gasteiger partial charge in [-0.15, -0.1) is 5.10 Å². The molecule has 0 aliphatic carbocycles. The summed E-state index contributed by atoms with van der Waals surface area (Å²) >= 11 is 1.75. The molecule has 1 aromatic heterocycles. The number of nitrogens with one attached hydrogen (secondary N) is 1. The highest BCUT2D eigenvalue weighted by Gasteiger charge is 2.15. The van der Waals surface area contributed by atoms with Crippen LogP contribution in [0.2, 0.25) is 0 Å². The van der Waals surface area contributed by atoms with Crippen molar-refractivity contribution in [3.05, 3.63) is 18.3 Å². The van der Waals surface area contributed by atoms with Crippen LogP contribution < -0.4 is 19.5 Å². The summed E-state index contributed by atoms with van der Waals surface area (Å²) in [6.07, 6.45) is 3.65. The maximum absolute atomic E-state index is 5.36. The van der Waals surface area contributed by atoms with Gasteiger partial charge in [0.05, 0.1) is 33.2 Å². The number of rotatable bonds is 8. The number of thioether (sulfide) groups is 1. The zero-order chi connectivity index (χ0) is 16.7. The summed E-state index contributed by atoms with van der Waals surface area (Å²) < 4.78 is 16.1. The van der Waals surface area contributed by atoms with Crippen molar-refractivity contribution in [2.45, 2.75) is 0 Å². The monoisotopic (exact) mass is 336 g/mol. The summed E-state index contributed by atoms with van der Waals surface area (Å²) in [4.78, 5) is 4.48. The third kappa shape index (κ3) is 4.16. The Morgan fingerprint density at radius 2 is 1.78 bits per heavy atom. The van der Waals surface area contributed by atoms with E-state index in [0.29, 0.717) is 28.9 Å². The standard InChI is InChI=1S/C15H20N4O3S/c1-20-12-7-10(8-13(21-2)14(12)22-3)11-9-17-19-15(18-11)16-5-6-23-4/h7-9H,5-6H2,1-4H3,(H,16,18,19). The fourth-order valence-electron chi connectivity index (χ4n) is 2.01. The van der Waals surface area contributed by atoms with Crippen molar-refractivity contribution in [3.63, 3.8) is 0 Å². The number of nitrogens with zero attached hydrogens (tertiary/aromatic N) is 3. The van der Waals surface area contributed by atoms with Gasteiger partial charge in [0, 0.05) is 17.9 Å². The molecule has 0 unspecified atom stereocenters. The molecule has 0 aliphatic rings. The molecule has 0 bridgehead atoms. The van der Waals surface area contributed by atoms with Gasteiger partial charge in [0.2, 0.25) is 11.7 Å². The van der Waals surface area contributed by atoms with E-state index in [1.165, 1.54) is 0 Å². The van der Waals surface area contributed by atoms with E-state index in [1.807, 2.05) is 18.4 Å². The molecule has 0 amide bonds. The summed E-state index contributed by atoms with van der Waals surface area (Å²) in [6.45, 7) is 0.779. The SMILES string of the molecule is COc1cc(-c2cnnc(NCCSC)n2)cc(OC)c1OC. The first-order valence-corrected chi connectivity index (χ1v) is 8.35.